The van der Waals surface area contributed by atoms with E-state index in [1.165, 1.54) is 11.3 Å². The van der Waals surface area contributed by atoms with Crippen molar-refractivity contribution in [2.75, 3.05) is 5.32 Å². The standard InChI is InChI=1S/C19H23F3N2O3S2/c1-11-14(17(2,3)4)28-16(23-11)24-15(25)18(5,6)29(26,27)13-9-7-8-12(10-13)19(20,21)22/h7-10H,1-6H3,(H,23,24,25). The largest absolute Gasteiger partial charge is 0.416 e. The van der Waals surface area contributed by atoms with Crippen LogP contribution in [-0.4, -0.2) is 24.1 Å². The summed E-state index contributed by atoms with van der Waals surface area (Å²) in [6.45, 7) is 10.1. The van der Waals surface area contributed by atoms with Crippen molar-refractivity contribution in [3.8, 4) is 0 Å². The van der Waals surface area contributed by atoms with E-state index in [1.807, 2.05) is 20.8 Å². The van der Waals surface area contributed by atoms with Crippen LogP contribution in [0.4, 0.5) is 18.3 Å². The lowest BCUT2D eigenvalue weighted by atomic mass is 9.94. The number of carbonyl (C=O) groups excluding carboxylic acids is 1. The second-order valence-electron chi connectivity index (χ2n) is 8.18. The summed E-state index contributed by atoms with van der Waals surface area (Å²) in [5, 5.41) is 2.74. The third-order valence-corrected chi connectivity index (χ3v) is 8.29. The van der Waals surface area contributed by atoms with E-state index in [2.05, 4.69) is 10.3 Å². The molecule has 0 saturated carbocycles. The molecule has 1 N–H and O–H groups in total. The Hall–Kier alpha value is -1.94. The van der Waals surface area contributed by atoms with E-state index >= 15 is 0 Å². The maximum atomic E-state index is 13.0. The fourth-order valence-corrected chi connectivity index (χ4v) is 5.09. The van der Waals surface area contributed by atoms with Crippen molar-refractivity contribution in [3.63, 3.8) is 0 Å². The molecule has 160 valence electrons. The van der Waals surface area contributed by atoms with Crippen molar-refractivity contribution in [2.24, 2.45) is 0 Å². The van der Waals surface area contributed by atoms with Gasteiger partial charge in [-0.25, -0.2) is 13.4 Å². The van der Waals surface area contributed by atoms with Crippen LogP contribution in [0, 0.1) is 6.92 Å². The van der Waals surface area contributed by atoms with Crippen molar-refractivity contribution in [1.82, 2.24) is 4.98 Å². The zero-order valence-corrected chi connectivity index (χ0v) is 18.6. The number of halogens is 3. The summed E-state index contributed by atoms with van der Waals surface area (Å²) in [4.78, 5) is 17.4. The number of nitrogens with one attached hydrogen (secondary N) is 1. The Balaban J connectivity index is 2.38. The summed E-state index contributed by atoms with van der Waals surface area (Å²) < 4.78 is 62.7. The molecule has 1 amide bonds. The van der Waals surface area contributed by atoms with Gasteiger partial charge in [-0.15, -0.1) is 11.3 Å². The zero-order valence-electron chi connectivity index (χ0n) is 16.9. The van der Waals surface area contributed by atoms with Crippen LogP contribution < -0.4 is 5.32 Å². The maximum Gasteiger partial charge on any atom is 0.416 e. The van der Waals surface area contributed by atoms with E-state index in [4.69, 9.17) is 0 Å². The number of aromatic nitrogens is 1. The Morgan fingerprint density at radius 2 is 1.69 bits per heavy atom. The van der Waals surface area contributed by atoms with E-state index in [1.54, 1.807) is 6.92 Å². The van der Waals surface area contributed by atoms with Gasteiger partial charge < -0.3 is 5.32 Å². The zero-order chi connectivity index (χ0) is 22.4. The average molecular weight is 449 g/mol. The lowest BCUT2D eigenvalue weighted by Crippen LogP contribution is -2.44. The predicted molar refractivity (Wildman–Crippen MR) is 107 cm³/mol. The normalized spacial score (nSPS) is 13.4. The van der Waals surface area contributed by atoms with Crippen molar-refractivity contribution >= 4 is 32.2 Å². The first-order chi connectivity index (χ1) is 13.0. The van der Waals surface area contributed by atoms with Gasteiger partial charge in [0.1, 0.15) is 4.75 Å². The highest BCUT2D eigenvalue weighted by Crippen LogP contribution is 2.36. The number of aryl methyl sites for hydroxylation is 1. The molecular formula is C19H23F3N2O3S2. The van der Waals surface area contributed by atoms with Gasteiger partial charge in [-0.2, -0.15) is 13.2 Å². The number of benzene rings is 1. The third-order valence-electron chi connectivity index (χ3n) is 4.39. The van der Waals surface area contributed by atoms with E-state index in [9.17, 15) is 26.4 Å². The first-order valence-electron chi connectivity index (χ1n) is 8.69. The summed E-state index contributed by atoms with van der Waals surface area (Å²) in [7, 11) is -4.41. The van der Waals surface area contributed by atoms with Gasteiger partial charge in [0, 0.05) is 4.88 Å². The first kappa shape index (κ1) is 23.3. The lowest BCUT2D eigenvalue weighted by molar-refractivity contribution is -0.137. The number of amides is 1. The number of hydrogen-bond acceptors (Lipinski definition) is 5. The van der Waals surface area contributed by atoms with E-state index in [-0.39, 0.29) is 10.5 Å². The summed E-state index contributed by atoms with van der Waals surface area (Å²) >= 11 is 1.24. The molecule has 0 radical (unpaired) electrons. The number of sulfone groups is 1. The van der Waals surface area contributed by atoms with Gasteiger partial charge >= 0.3 is 6.18 Å². The summed E-state index contributed by atoms with van der Waals surface area (Å²) in [6.07, 6.45) is -4.69. The molecule has 1 aromatic heterocycles. The quantitative estimate of drug-likeness (QED) is 0.717. The predicted octanol–water partition coefficient (Wildman–Crippen LogP) is 4.96. The number of anilines is 1. The van der Waals surface area contributed by atoms with Gasteiger partial charge in [-0.3, -0.25) is 4.79 Å². The van der Waals surface area contributed by atoms with Crippen molar-refractivity contribution < 1.29 is 26.4 Å². The molecule has 0 atom stereocenters. The molecule has 0 bridgehead atoms. The fraction of sp³-hybridized carbons (Fsp3) is 0.474. The van der Waals surface area contributed by atoms with Gasteiger partial charge in [-0.1, -0.05) is 26.8 Å². The molecule has 2 aromatic rings. The van der Waals surface area contributed by atoms with E-state index in [0.29, 0.717) is 6.07 Å². The van der Waals surface area contributed by atoms with Crippen LogP contribution >= 0.6 is 11.3 Å². The smallest absolute Gasteiger partial charge is 0.301 e. The minimum atomic E-state index is -4.69. The SMILES string of the molecule is Cc1nc(NC(=O)C(C)(C)S(=O)(=O)c2cccc(C(F)(F)F)c2)sc1C(C)(C)C. The number of nitrogens with zero attached hydrogens (tertiary/aromatic N) is 1. The molecule has 0 saturated heterocycles. The number of carbonyl (C=O) groups is 1. The van der Waals surface area contributed by atoms with E-state index in [0.717, 1.165) is 42.6 Å². The molecule has 0 aliphatic rings. The van der Waals surface area contributed by atoms with Crippen LogP contribution in [0.25, 0.3) is 0 Å². The molecule has 2 rings (SSSR count). The number of thiazole rings is 1. The Kier molecular flexibility index (Phi) is 5.95. The highest BCUT2D eigenvalue weighted by Gasteiger charge is 2.44. The molecule has 0 aliphatic carbocycles. The summed E-state index contributed by atoms with van der Waals surface area (Å²) in [6, 6.07) is 3.36. The minimum absolute atomic E-state index is 0.204. The Morgan fingerprint density at radius 3 is 2.17 bits per heavy atom. The second kappa shape index (κ2) is 7.39. The van der Waals surface area contributed by atoms with Crippen LogP contribution in [0.15, 0.2) is 29.2 Å². The van der Waals surface area contributed by atoms with Crippen molar-refractivity contribution in [1.29, 1.82) is 0 Å². The van der Waals surface area contributed by atoms with Gasteiger partial charge in [-0.05, 0) is 44.4 Å². The highest BCUT2D eigenvalue weighted by molar-refractivity contribution is 7.93. The number of rotatable bonds is 4. The summed E-state index contributed by atoms with van der Waals surface area (Å²) in [5.74, 6) is -0.871. The number of hydrogen-bond donors (Lipinski definition) is 1. The monoisotopic (exact) mass is 448 g/mol. The van der Waals surface area contributed by atoms with Crippen molar-refractivity contribution in [2.45, 2.75) is 62.8 Å². The maximum absolute atomic E-state index is 13.0. The topological polar surface area (TPSA) is 76.1 Å². The fourth-order valence-electron chi connectivity index (χ4n) is 2.65. The molecule has 0 aliphatic heterocycles. The molecule has 29 heavy (non-hydrogen) atoms. The minimum Gasteiger partial charge on any atom is -0.301 e. The Bertz CT molecular complexity index is 1030. The lowest BCUT2D eigenvalue weighted by Gasteiger charge is -2.23. The average Bonchev–Trinajstić information content (AvgIpc) is 2.94. The van der Waals surface area contributed by atoms with Crippen LogP contribution in [0.3, 0.4) is 0 Å². The molecule has 0 fully saturated rings. The van der Waals surface area contributed by atoms with Crippen LogP contribution in [0.2, 0.25) is 0 Å². The van der Waals surface area contributed by atoms with Gasteiger partial charge in [0.05, 0.1) is 16.2 Å². The molecule has 0 spiro atoms. The van der Waals surface area contributed by atoms with Crippen LogP contribution in [0.1, 0.15) is 50.8 Å². The van der Waals surface area contributed by atoms with Crippen molar-refractivity contribution in [3.05, 3.63) is 40.4 Å². The summed E-state index contributed by atoms with van der Waals surface area (Å²) in [5.41, 5.74) is -0.582. The van der Waals surface area contributed by atoms with Gasteiger partial charge in [0.2, 0.25) is 5.91 Å². The highest BCUT2D eigenvalue weighted by atomic mass is 32.2. The molecular weight excluding hydrogens is 425 g/mol. The van der Waals surface area contributed by atoms with Crippen LogP contribution in [-0.2, 0) is 26.2 Å². The molecule has 0 unspecified atom stereocenters. The molecule has 10 heteroatoms. The Labute approximate surface area is 172 Å². The van der Waals surface area contributed by atoms with E-state index < -0.39 is 37.1 Å². The molecule has 1 aromatic carbocycles. The Morgan fingerprint density at radius 1 is 1.10 bits per heavy atom. The molecule has 5 nitrogen and oxygen atoms in total. The van der Waals surface area contributed by atoms with Gasteiger partial charge in [0.25, 0.3) is 0 Å². The van der Waals surface area contributed by atoms with Crippen LogP contribution in [0.5, 0.6) is 0 Å². The first-order valence-corrected chi connectivity index (χ1v) is 11.0. The van der Waals surface area contributed by atoms with Gasteiger partial charge in [0.15, 0.2) is 15.0 Å². The second-order valence-corrected chi connectivity index (χ2v) is 11.7. The number of alkyl halides is 3. The molecule has 1 heterocycles. The third kappa shape index (κ3) is 4.63.